The van der Waals surface area contributed by atoms with Crippen molar-refractivity contribution >= 4 is 0 Å². The molecule has 2 heterocycles. The van der Waals surface area contributed by atoms with Gasteiger partial charge in [0.2, 0.25) is 0 Å². The summed E-state index contributed by atoms with van der Waals surface area (Å²) >= 11 is 0. The van der Waals surface area contributed by atoms with Crippen LogP contribution < -0.4 is 4.74 Å². The molecule has 1 unspecified atom stereocenters. The van der Waals surface area contributed by atoms with Crippen LogP contribution in [0.15, 0.2) is 28.8 Å². The van der Waals surface area contributed by atoms with Gasteiger partial charge in [0, 0.05) is 19.1 Å². The normalized spacial score (nSPS) is 17.8. The molecular weight excluding hydrogens is 284 g/mol. The van der Waals surface area contributed by atoms with Gasteiger partial charge in [0.1, 0.15) is 12.4 Å². The van der Waals surface area contributed by atoms with Crippen molar-refractivity contribution in [2.45, 2.75) is 19.3 Å². The lowest BCUT2D eigenvalue weighted by molar-refractivity contribution is 0.110. The van der Waals surface area contributed by atoms with Crippen LogP contribution in [-0.2, 0) is 9.47 Å². The summed E-state index contributed by atoms with van der Waals surface area (Å²) in [4.78, 5) is 4.50. The second kappa shape index (κ2) is 7.38. The number of nitrogens with zero attached hydrogens (tertiary/aromatic N) is 2. The first-order chi connectivity index (χ1) is 10.9. The summed E-state index contributed by atoms with van der Waals surface area (Å²) in [5, 5.41) is 4.08. The van der Waals surface area contributed by atoms with Crippen LogP contribution in [0.25, 0.3) is 11.5 Å². The summed E-state index contributed by atoms with van der Waals surface area (Å²) in [6.45, 7) is 5.10. The van der Waals surface area contributed by atoms with Crippen LogP contribution in [0.1, 0.15) is 25.1 Å². The van der Waals surface area contributed by atoms with Crippen LogP contribution in [0.3, 0.4) is 0 Å². The highest BCUT2D eigenvalue weighted by atomic mass is 16.5. The largest absolute Gasteiger partial charge is 0.490 e. The highest BCUT2D eigenvalue weighted by Crippen LogP contribution is 2.30. The van der Waals surface area contributed by atoms with Gasteiger partial charge in [-0.2, -0.15) is 4.98 Å². The van der Waals surface area contributed by atoms with Gasteiger partial charge in [-0.3, -0.25) is 0 Å². The molecular formula is C16H20N2O4. The van der Waals surface area contributed by atoms with E-state index in [1.807, 2.05) is 31.2 Å². The fourth-order valence-electron chi connectivity index (χ4n) is 2.37. The van der Waals surface area contributed by atoms with Crippen LogP contribution in [0, 0.1) is 0 Å². The first-order valence-electron chi connectivity index (χ1n) is 7.59. The van der Waals surface area contributed by atoms with Gasteiger partial charge in [-0.05, 0) is 25.5 Å². The summed E-state index contributed by atoms with van der Waals surface area (Å²) in [6.07, 6.45) is 0.936. The Hall–Kier alpha value is -1.92. The standard InChI is InChI=1S/C16H20N2O4/c1-2-19-9-10-21-14-6-4-3-5-13(14)16-17-15(18-22-16)12-7-8-20-11-12/h3-6,12H,2,7-11H2,1H3. The van der Waals surface area contributed by atoms with E-state index in [0.717, 1.165) is 24.3 Å². The van der Waals surface area contributed by atoms with Crippen LogP contribution >= 0.6 is 0 Å². The third-order valence-corrected chi connectivity index (χ3v) is 3.54. The molecule has 1 aromatic heterocycles. The lowest BCUT2D eigenvalue weighted by Crippen LogP contribution is -2.07. The molecule has 6 heteroatoms. The van der Waals surface area contributed by atoms with Crippen LogP contribution in [0.4, 0.5) is 0 Å². The van der Waals surface area contributed by atoms with Crippen molar-refractivity contribution in [1.82, 2.24) is 10.1 Å². The molecule has 0 spiro atoms. The maximum atomic E-state index is 5.75. The van der Waals surface area contributed by atoms with Crippen molar-refractivity contribution in [2.75, 3.05) is 33.0 Å². The van der Waals surface area contributed by atoms with Gasteiger partial charge in [-0.15, -0.1) is 0 Å². The maximum absolute atomic E-state index is 5.75. The Kier molecular flexibility index (Phi) is 5.03. The van der Waals surface area contributed by atoms with Gasteiger partial charge in [0.25, 0.3) is 5.89 Å². The van der Waals surface area contributed by atoms with Gasteiger partial charge in [-0.1, -0.05) is 17.3 Å². The number of para-hydroxylation sites is 1. The summed E-state index contributed by atoms with van der Waals surface area (Å²) in [6, 6.07) is 7.65. The smallest absolute Gasteiger partial charge is 0.261 e. The molecule has 1 saturated heterocycles. The molecule has 6 nitrogen and oxygen atoms in total. The van der Waals surface area contributed by atoms with Crippen molar-refractivity contribution < 1.29 is 18.7 Å². The second-order valence-corrected chi connectivity index (χ2v) is 5.06. The number of benzene rings is 1. The molecule has 1 aliphatic heterocycles. The fourth-order valence-corrected chi connectivity index (χ4v) is 2.37. The Morgan fingerprint density at radius 3 is 3.00 bits per heavy atom. The summed E-state index contributed by atoms with van der Waals surface area (Å²) in [5.74, 6) is 2.13. The van der Waals surface area contributed by atoms with Gasteiger partial charge < -0.3 is 18.7 Å². The third-order valence-electron chi connectivity index (χ3n) is 3.54. The van der Waals surface area contributed by atoms with Gasteiger partial charge >= 0.3 is 0 Å². The zero-order chi connectivity index (χ0) is 15.2. The Labute approximate surface area is 129 Å². The number of aromatic nitrogens is 2. The topological polar surface area (TPSA) is 66.6 Å². The van der Waals surface area contributed by atoms with Crippen molar-refractivity contribution in [2.24, 2.45) is 0 Å². The Morgan fingerprint density at radius 1 is 1.27 bits per heavy atom. The van der Waals surface area contributed by atoms with Crippen LogP contribution in [-0.4, -0.2) is 43.2 Å². The molecule has 0 N–H and O–H groups in total. The molecule has 118 valence electrons. The summed E-state index contributed by atoms with van der Waals surface area (Å²) < 4.78 is 21.8. The van der Waals surface area contributed by atoms with E-state index in [9.17, 15) is 0 Å². The van der Waals surface area contributed by atoms with Gasteiger partial charge in [-0.25, -0.2) is 0 Å². The second-order valence-electron chi connectivity index (χ2n) is 5.06. The molecule has 1 fully saturated rings. The number of rotatable bonds is 7. The average molecular weight is 304 g/mol. The monoisotopic (exact) mass is 304 g/mol. The Bertz CT molecular complexity index is 593. The molecule has 0 radical (unpaired) electrons. The predicted octanol–water partition coefficient (Wildman–Crippen LogP) is 2.66. The van der Waals surface area contributed by atoms with E-state index in [4.69, 9.17) is 18.7 Å². The minimum atomic E-state index is 0.225. The molecule has 1 aliphatic rings. The molecule has 1 atom stereocenters. The predicted molar refractivity (Wildman–Crippen MR) is 79.9 cm³/mol. The number of hydrogen-bond donors (Lipinski definition) is 0. The van der Waals surface area contributed by atoms with Crippen molar-refractivity contribution in [3.63, 3.8) is 0 Å². The lowest BCUT2D eigenvalue weighted by atomic mass is 10.1. The highest BCUT2D eigenvalue weighted by Gasteiger charge is 2.24. The molecule has 3 rings (SSSR count). The first kappa shape index (κ1) is 15.0. The zero-order valence-electron chi connectivity index (χ0n) is 12.7. The van der Waals surface area contributed by atoms with Crippen LogP contribution in [0.5, 0.6) is 5.75 Å². The Morgan fingerprint density at radius 2 is 2.18 bits per heavy atom. The molecule has 22 heavy (non-hydrogen) atoms. The molecule has 1 aromatic carbocycles. The maximum Gasteiger partial charge on any atom is 0.261 e. The zero-order valence-corrected chi connectivity index (χ0v) is 12.7. The SMILES string of the molecule is CCOCCOc1ccccc1-c1nc(C2CCOC2)no1. The average Bonchev–Trinajstić information content (AvgIpc) is 3.22. The van der Waals surface area contributed by atoms with E-state index in [1.165, 1.54) is 0 Å². The van der Waals surface area contributed by atoms with Crippen LogP contribution in [0.2, 0.25) is 0 Å². The number of hydrogen-bond acceptors (Lipinski definition) is 6. The number of ether oxygens (including phenoxy) is 3. The third kappa shape index (κ3) is 3.45. The van der Waals surface area contributed by atoms with Gasteiger partial charge in [0.15, 0.2) is 5.82 Å². The first-order valence-corrected chi connectivity index (χ1v) is 7.59. The van der Waals surface area contributed by atoms with E-state index in [0.29, 0.717) is 38.1 Å². The molecule has 0 bridgehead atoms. The van der Waals surface area contributed by atoms with Gasteiger partial charge in [0.05, 0.1) is 18.8 Å². The molecule has 0 saturated carbocycles. The molecule has 2 aromatic rings. The van der Waals surface area contributed by atoms with Crippen molar-refractivity contribution in [1.29, 1.82) is 0 Å². The fraction of sp³-hybridized carbons (Fsp3) is 0.500. The van der Waals surface area contributed by atoms with E-state index in [2.05, 4.69) is 10.1 Å². The van der Waals surface area contributed by atoms with E-state index < -0.39 is 0 Å². The van der Waals surface area contributed by atoms with Crippen molar-refractivity contribution in [3.8, 4) is 17.2 Å². The van der Waals surface area contributed by atoms with Crippen molar-refractivity contribution in [3.05, 3.63) is 30.1 Å². The Balaban J connectivity index is 1.73. The molecule has 0 amide bonds. The highest BCUT2D eigenvalue weighted by molar-refractivity contribution is 5.62. The molecule has 0 aliphatic carbocycles. The summed E-state index contributed by atoms with van der Waals surface area (Å²) in [7, 11) is 0. The van der Waals surface area contributed by atoms with E-state index in [-0.39, 0.29) is 5.92 Å². The summed E-state index contributed by atoms with van der Waals surface area (Å²) in [5.41, 5.74) is 0.802. The minimum Gasteiger partial charge on any atom is -0.490 e. The quantitative estimate of drug-likeness (QED) is 0.733. The van der Waals surface area contributed by atoms with E-state index >= 15 is 0 Å². The van der Waals surface area contributed by atoms with E-state index in [1.54, 1.807) is 0 Å². The lowest BCUT2D eigenvalue weighted by Gasteiger charge is -2.08. The minimum absolute atomic E-state index is 0.225.